The maximum absolute atomic E-state index is 12.3. The van der Waals surface area contributed by atoms with Crippen LogP contribution in [0.1, 0.15) is 12.5 Å². The van der Waals surface area contributed by atoms with Crippen LogP contribution in [-0.2, 0) is 11.3 Å². The maximum atomic E-state index is 12.3. The van der Waals surface area contributed by atoms with Crippen molar-refractivity contribution in [2.75, 3.05) is 13.2 Å². The predicted molar refractivity (Wildman–Crippen MR) is 83.6 cm³/mol. The molecule has 6 nitrogen and oxygen atoms in total. The lowest BCUT2D eigenvalue weighted by molar-refractivity contribution is -0.130. The molecule has 6 heteroatoms. The number of amides is 1. The van der Waals surface area contributed by atoms with E-state index in [1.807, 2.05) is 31.2 Å². The van der Waals surface area contributed by atoms with Crippen LogP contribution < -0.4 is 19.5 Å². The third kappa shape index (κ3) is 3.53. The second-order valence-corrected chi connectivity index (χ2v) is 4.98. The van der Waals surface area contributed by atoms with Crippen LogP contribution in [0.4, 0.5) is 0 Å². The van der Waals surface area contributed by atoms with Crippen LogP contribution in [0, 0.1) is 0 Å². The van der Waals surface area contributed by atoms with E-state index in [1.54, 1.807) is 18.3 Å². The van der Waals surface area contributed by atoms with Gasteiger partial charge in [-0.15, -0.1) is 0 Å². The number of aromatic nitrogens is 1. The molecule has 0 saturated carbocycles. The number of benzene rings is 1. The molecule has 1 amide bonds. The summed E-state index contributed by atoms with van der Waals surface area (Å²) in [5.74, 6) is 1.53. The van der Waals surface area contributed by atoms with Crippen LogP contribution in [0.15, 0.2) is 42.6 Å². The lowest BCUT2D eigenvalue weighted by atomic mass is 10.2. The minimum Gasteiger partial charge on any atom is -0.485 e. The van der Waals surface area contributed by atoms with Crippen molar-refractivity contribution in [3.63, 3.8) is 0 Å². The molecular weight excluding hydrogens is 296 g/mol. The zero-order valence-corrected chi connectivity index (χ0v) is 12.8. The first kappa shape index (κ1) is 15.1. The lowest BCUT2D eigenvalue weighted by Crippen LogP contribution is -2.43. The number of para-hydroxylation sites is 2. The van der Waals surface area contributed by atoms with Crippen LogP contribution in [0.2, 0.25) is 0 Å². The molecule has 0 unspecified atom stereocenters. The van der Waals surface area contributed by atoms with Crippen LogP contribution in [0.5, 0.6) is 17.4 Å². The Balaban J connectivity index is 1.60. The van der Waals surface area contributed by atoms with E-state index in [9.17, 15) is 4.79 Å². The van der Waals surface area contributed by atoms with Gasteiger partial charge in [-0.25, -0.2) is 4.98 Å². The third-order valence-electron chi connectivity index (χ3n) is 3.39. The van der Waals surface area contributed by atoms with Crippen LogP contribution in [0.25, 0.3) is 0 Å². The highest BCUT2D eigenvalue weighted by atomic mass is 16.6. The number of carbonyl (C=O) groups excluding carboxylic acids is 1. The zero-order chi connectivity index (χ0) is 16.1. The number of carbonyl (C=O) groups is 1. The third-order valence-corrected chi connectivity index (χ3v) is 3.39. The van der Waals surface area contributed by atoms with Gasteiger partial charge in [-0.05, 0) is 25.1 Å². The number of fused-ring (bicyclic) bond motifs is 1. The van der Waals surface area contributed by atoms with Crippen LogP contribution in [0.3, 0.4) is 0 Å². The van der Waals surface area contributed by atoms with Gasteiger partial charge in [0.05, 0.1) is 6.61 Å². The van der Waals surface area contributed by atoms with E-state index in [1.165, 1.54) is 0 Å². The first-order chi connectivity index (χ1) is 11.3. The molecule has 0 aliphatic carbocycles. The average Bonchev–Trinajstić information content (AvgIpc) is 2.60. The van der Waals surface area contributed by atoms with Gasteiger partial charge in [0.15, 0.2) is 11.5 Å². The number of hydrogen-bond donors (Lipinski definition) is 1. The average molecular weight is 314 g/mol. The summed E-state index contributed by atoms with van der Waals surface area (Å²) in [4.78, 5) is 16.4. The number of nitrogens with zero attached hydrogens (tertiary/aromatic N) is 1. The van der Waals surface area contributed by atoms with Gasteiger partial charge < -0.3 is 19.5 Å². The number of nitrogens with one attached hydrogen (secondary N) is 1. The molecule has 2 heterocycles. The molecule has 1 aromatic carbocycles. The number of ether oxygens (including phenoxy) is 3. The predicted octanol–water partition coefficient (Wildman–Crippen LogP) is 1.94. The highest BCUT2D eigenvalue weighted by molar-refractivity contribution is 5.81. The van der Waals surface area contributed by atoms with Crippen molar-refractivity contribution in [2.24, 2.45) is 0 Å². The first-order valence-electron chi connectivity index (χ1n) is 7.51. The quantitative estimate of drug-likeness (QED) is 0.913. The molecule has 0 saturated heterocycles. The van der Waals surface area contributed by atoms with Crippen molar-refractivity contribution < 1.29 is 19.0 Å². The summed E-state index contributed by atoms with van der Waals surface area (Å²) in [6.07, 6.45) is 0.989. The second kappa shape index (κ2) is 7.00. The summed E-state index contributed by atoms with van der Waals surface area (Å²) in [6.45, 7) is 2.92. The lowest BCUT2D eigenvalue weighted by Gasteiger charge is -2.25. The Morgan fingerprint density at radius 2 is 2.13 bits per heavy atom. The molecule has 120 valence electrons. The van der Waals surface area contributed by atoms with Crippen molar-refractivity contribution in [1.82, 2.24) is 10.3 Å². The molecular formula is C17H18N2O4. The van der Waals surface area contributed by atoms with Gasteiger partial charge in [0.2, 0.25) is 12.0 Å². The molecule has 1 aliphatic heterocycles. The monoisotopic (exact) mass is 314 g/mol. The van der Waals surface area contributed by atoms with Crippen LogP contribution >= 0.6 is 0 Å². The molecule has 1 aromatic heterocycles. The molecule has 2 aromatic rings. The summed E-state index contributed by atoms with van der Waals surface area (Å²) >= 11 is 0. The van der Waals surface area contributed by atoms with Gasteiger partial charge in [0.1, 0.15) is 6.61 Å². The van der Waals surface area contributed by atoms with Gasteiger partial charge in [-0.1, -0.05) is 18.2 Å². The van der Waals surface area contributed by atoms with Crippen molar-refractivity contribution in [3.8, 4) is 17.4 Å². The largest absolute Gasteiger partial charge is 0.485 e. The van der Waals surface area contributed by atoms with Crippen molar-refractivity contribution >= 4 is 5.91 Å². The maximum Gasteiger partial charge on any atom is 0.264 e. The standard InChI is InChI=1S/C17H18N2O4/c1-2-21-17-12(6-5-9-18-17)10-19-16(20)15-11-22-13-7-3-4-8-14(13)23-15/h3-9,15H,2,10-11H2,1H3,(H,19,20)/t15-/m1/s1. The first-order valence-corrected chi connectivity index (χ1v) is 7.51. The molecule has 1 aliphatic rings. The second-order valence-electron chi connectivity index (χ2n) is 4.98. The minimum atomic E-state index is -0.669. The van der Waals surface area contributed by atoms with E-state index in [2.05, 4.69) is 10.3 Å². The smallest absolute Gasteiger partial charge is 0.264 e. The summed E-state index contributed by atoms with van der Waals surface area (Å²) < 4.78 is 16.7. The Morgan fingerprint density at radius 1 is 1.30 bits per heavy atom. The fraction of sp³-hybridized carbons (Fsp3) is 0.294. The Bertz CT molecular complexity index is 690. The SMILES string of the molecule is CCOc1ncccc1CNC(=O)[C@H]1COc2ccccc2O1. The van der Waals surface area contributed by atoms with E-state index in [-0.39, 0.29) is 12.5 Å². The number of rotatable bonds is 5. The summed E-state index contributed by atoms with van der Waals surface area (Å²) in [6, 6.07) is 11.0. The molecule has 0 fully saturated rings. The fourth-order valence-corrected chi connectivity index (χ4v) is 2.27. The van der Waals surface area contributed by atoms with Crippen molar-refractivity contribution in [2.45, 2.75) is 19.6 Å². The molecule has 1 N–H and O–H groups in total. The number of hydrogen-bond acceptors (Lipinski definition) is 5. The Labute approximate surface area is 134 Å². The van der Waals surface area contributed by atoms with E-state index in [0.717, 1.165) is 5.56 Å². The Hall–Kier alpha value is -2.76. The summed E-state index contributed by atoms with van der Waals surface area (Å²) in [7, 11) is 0. The molecule has 0 spiro atoms. The molecule has 23 heavy (non-hydrogen) atoms. The normalized spacial score (nSPS) is 15.8. The highest BCUT2D eigenvalue weighted by Gasteiger charge is 2.27. The van der Waals surface area contributed by atoms with Gasteiger partial charge in [0.25, 0.3) is 5.91 Å². The summed E-state index contributed by atoms with van der Waals surface area (Å²) in [5, 5.41) is 2.83. The van der Waals surface area contributed by atoms with Crippen molar-refractivity contribution in [1.29, 1.82) is 0 Å². The van der Waals surface area contributed by atoms with E-state index >= 15 is 0 Å². The molecule has 1 atom stereocenters. The highest BCUT2D eigenvalue weighted by Crippen LogP contribution is 2.30. The Morgan fingerprint density at radius 3 is 2.96 bits per heavy atom. The van der Waals surface area contributed by atoms with E-state index < -0.39 is 6.10 Å². The zero-order valence-electron chi connectivity index (χ0n) is 12.8. The Kier molecular flexibility index (Phi) is 4.61. The topological polar surface area (TPSA) is 69.7 Å². The molecule has 0 bridgehead atoms. The molecule has 0 radical (unpaired) electrons. The van der Waals surface area contributed by atoms with Crippen LogP contribution in [-0.4, -0.2) is 30.2 Å². The fourth-order valence-electron chi connectivity index (χ4n) is 2.27. The van der Waals surface area contributed by atoms with E-state index in [0.29, 0.717) is 30.5 Å². The van der Waals surface area contributed by atoms with Gasteiger partial charge >= 0.3 is 0 Å². The molecule has 3 rings (SSSR count). The van der Waals surface area contributed by atoms with Gasteiger partial charge in [-0.2, -0.15) is 0 Å². The van der Waals surface area contributed by atoms with Crippen molar-refractivity contribution in [3.05, 3.63) is 48.2 Å². The van der Waals surface area contributed by atoms with Gasteiger partial charge in [0, 0.05) is 18.3 Å². The summed E-state index contributed by atoms with van der Waals surface area (Å²) in [5.41, 5.74) is 0.819. The minimum absolute atomic E-state index is 0.189. The number of pyridine rings is 1. The van der Waals surface area contributed by atoms with E-state index in [4.69, 9.17) is 14.2 Å². The van der Waals surface area contributed by atoms with Gasteiger partial charge in [-0.3, -0.25) is 4.79 Å².